The van der Waals surface area contributed by atoms with E-state index >= 15 is 0 Å². The van der Waals surface area contributed by atoms with Crippen LogP contribution in [0.4, 0.5) is 0 Å². The summed E-state index contributed by atoms with van der Waals surface area (Å²) in [6.45, 7) is 0.620. The van der Waals surface area contributed by atoms with Crippen LogP contribution >= 0.6 is 0 Å². The van der Waals surface area contributed by atoms with E-state index in [4.69, 9.17) is 5.73 Å². The van der Waals surface area contributed by atoms with Crippen LogP contribution in [-0.2, 0) is 13.5 Å². The van der Waals surface area contributed by atoms with E-state index in [1.165, 1.54) is 0 Å². The van der Waals surface area contributed by atoms with Gasteiger partial charge in [-0.2, -0.15) is 0 Å². The number of phenolic OH excluding ortho intramolecular Hbond substituents is 1. The molecule has 0 aliphatic rings. The summed E-state index contributed by atoms with van der Waals surface area (Å²) in [6, 6.07) is 7.02. The largest absolute Gasteiger partial charge is 0.508 e. The fourth-order valence-electron chi connectivity index (χ4n) is 1.70. The lowest BCUT2D eigenvalue weighted by Gasteiger charge is -2.05. The monoisotopic (exact) mass is 217 g/mol. The fraction of sp³-hybridized carbons (Fsp3) is 0.250. The first-order valence-corrected chi connectivity index (χ1v) is 5.22. The van der Waals surface area contributed by atoms with Crippen molar-refractivity contribution < 1.29 is 5.11 Å². The summed E-state index contributed by atoms with van der Waals surface area (Å²) >= 11 is 0. The zero-order chi connectivity index (χ0) is 11.5. The third-order valence-corrected chi connectivity index (χ3v) is 2.61. The molecule has 0 saturated carbocycles. The summed E-state index contributed by atoms with van der Waals surface area (Å²) in [5, 5.41) is 9.22. The van der Waals surface area contributed by atoms with E-state index in [1.54, 1.807) is 12.1 Å². The minimum absolute atomic E-state index is 0.264. The molecule has 4 heteroatoms. The Hall–Kier alpha value is -1.81. The minimum atomic E-state index is 0.264. The highest BCUT2D eigenvalue weighted by atomic mass is 16.3. The second-order valence-electron chi connectivity index (χ2n) is 3.72. The third kappa shape index (κ3) is 1.92. The first kappa shape index (κ1) is 10.7. The van der Waals surface area contributed by atoms with Gasteiger partial charge in [0.1, 0.15) is 11.6 Å². The van der Waals surface area contributed by atoms with E-state index < -0.39 is 0 Å². The summed E-state index contributed by atoms with van der Waals surface area (Å²) in [5.74, 6) is 1.16. The van der Waals surface area contributed by atoms with Gasteiger partial charge >= 0.3 is 0 Å². The summed E-state index contributed by atoms with van der Waals surface area (Å²) in [5.41, 5.74) is 7.63. The van der Waals surface area contributed by atoms with Crippen molar-refractivity contribution in [3.05, 3.63) is 36.2 Å². The molecule has 0 fully saturated rings. The van der Waals surface area contributed by atoms with Crippen LogP contribution in [0.25, 0.3) is 11.4 Å². The Balaban J connectivity index is 2.37. The van der Waals surface area contributed by atoms with Crippen molar-refractivity contribution >= 4 is 0 Å². The van der Waals surface area contributed by atoms with Gasteiger partial charge in [0.15, 0.2) is 0 Å². The van der Waals surface area contributed by atoms with Gasteiger partial charge in [0.2, 0.25) is 0 Å². The maximum Gasteiger partial charge on any atom is 0.139 e. The zero-order valence-corrected chi connectivity index (χ0v) is 9.22. The molecule has 0 amide bonds. The minimum Gasteiger partial charge on any atom is -0.508 e. The summed E-state index contributed by atoms with van der Waals surface area (Å²) < 4.78 is 2.03. The van der Waals surface area contributed by atoms with Crippen LogP contribution in [0.1, 0.15) is 5.69 Å². The topological polar surface area (TPSA) is 64.1 Å². The molecule has 4 nitrogen and oxygen atoms in total. The van der Waals surface area contributed by atoms with Gasteiger partial charge in [0.25, 0.3) is 0 Å². The number of nitrogens with two attached hydrogens (primary N) is 1. The van der Waals surface area contributed by atoms with E-state index in [-0.39, 0.29) is 5.75 Å². The number of benzene rings is 1. The Morgan fingerprint density at radius 3 is 2.62 bits per heavy atom. The van der Waals surface area contributed by atoms with Crippen molar-refractivity contribution in [1.82, 2.24) is 9.55 Å². The number of aromatic hydroxyl groups is 1. The number of rotatable bonds is 3. The van der Waals surface area contributed by atoms with Crippen LogP contribution in [0.15, 0.2) is 30.5 Å². The van der Waals surface area contributed by atoms with E-state index in [0.717, 1.165) is 23.5 Å². The highest BCUT2D eigenvalue weighted by Gasteiger charge is 2.07. The van der Waals surface area contributed by atoms with Crippen LogP contribution in [0.2, 0.25) is 0 Å². The lowest BCUT2D eigenvalue weighted by Crippen LogP contribution is -2.07. The number of imidazole rings is 1. The molecule has 0 aliphatic carbocycles. The Morgan fingerprint density at radius 2 is 2.00 bits per heavy atom. The van der Waals surface area contributed by atoms with Gasteiger partial charge in [-0.05, 0) is 30.8 Å². The number of aromatic nitrogens is 2. The predicted molar refractivity (Wildman–Crippen MR) is 63.1 cm³/mol. The van der Waals surface area contributed by atoms with E-state index in [2.05, 4.69) is 4.98 Å². The second-order valence-corrected chi connectivity index (χ2v) is 3.72. The van der Waals surface area contributed by atoms with Crippen molar-refractivity contribution in [1.29, 1.82) is 0 Å². The molecular weight excluding hydrogens is 202 g/mol. The average molecular weight is 217 g/mol. The predicted octanol–water partition coefficient (Wildman–Crippen LogP) is 1.29. The standard InChI is InChI=1S/C12H15N3O/c1-15-10(6-7-13)8-14-12(15)9-2-4-11(16)5-3-9/h2-5,8,16H,6-7,13H2,1H3. The second kappa shape index (κ2) is 4.37. The Morgan fingerprint density at radius 1 is 1.31 bits per heavy atom. The normalized spacial score (nSPS) is 10.6. The van der Waals surface area contributed by atoms with Gasteiger partial charge in [-0.25, -0.2) is 4.98 Å². The van der Waals surface area contributed by atoms with Gasteiger partial charge in [-0.3, -0.25) is 0 Å². The van der Waals surface area contributed by atoms with Crippen LogP contribution in [-0.4, -0.2) is 21.2 Å². The first-order chi connectivity index (χ1) is 7.72. The van der Waals surface area contributed by atoms with Crippen LogP contribution < -0.4 is 5.73 Å². The molecule has 1 heterocycles. The first-order valence-electron chi connectivity index (χ1n) is 5.22. The maximum atomic E-state index is 9.22. The maximum absolute atomic E-state index is 9.22. The molecule has 84 valence electrons. The Bertz CT molecular complexity index is 474. The summed E-state index contributed by atoms with van der Waals surface area (Å²) in [7, 11) is 1.97. The van der Waals surface area contributed by atoms with Gasteiger partial charge in [-0.1, -0.05) is 0 Å². The molecule has 16 heavy (non-hydrogen) atoms. The number of nitrogens with zero attached hydrogens (tertiary/aromatic N) is 2. The zero-order valence-electron chi connectivity index (χ0n) is 9.22. The van der Waals surface area contributed by atoms with Crippen molar-refractivity contribution in [2.75, 3.05) is 6.54 Å². The molecule has 0 aliphatic heterocycles. The third-order valence-electron chi connectivity index (χ3n) is 2.61. The highest BCUT2D eigenvalue weighted by molar-refractivity contribution is 5.57. The molecule has 0 unspecified atom stereocenters. The Labute approximate surface area is 94.4 Å². The van der Waals surface area contributed by atoms with Crippen molar-refractivity contribution in [2.24, 2.45) is 12.8 Å². The van der Waals surface area contributed by atoms with Gasteiger partial charge in [0.05, 0.1) is 0 Å². The SMILES string of the molecule is Cn1c(CCN)cnc1-c1ccc(O)cc1. The van der Waals surface area contributed by atoms with E-state index in [0.29, 0.717) is 6.54 Å². The van der Waals surface area contributed by atoms with Crippen LogP contribution in [0, 0.1) is 0 Å². The van der Waals surface area contributed by atoms with Crippen LogP contribution in [0.3, 0.4) is 0 Å². The summed E-state index contributed by atoms with van der Waals surface area (Å²) in [6.07, 6.45) is 2.66. The van der Waals surface area contributed by atoms with E-state index in [9.17, 15) is 5.11 Å². The molecule has 0 atom stereocenters. The lowest BCUT2D eigenvalue weighted by atomic mass is 10.2. The van der Waals surface area contributed by atoms with E-state index in [1.807, 2.05) is 29.9 Å². The number of phenols is 1. The Kier molecular flexibility index (Phi) is 2.92. The molecule has 1 aromatic heterocycles. The highest BCUT2D eigenvalue weighted by Crippen LogP contribution is 2.21. The molecule has 0 bridgehead atoms. The van der Waals surface area contributed by atoms with Crippen molar-refractivity contribution in [3.8, 4) is 17.1 Å². The number of hydrogen-bond acceptors (Lipinski definition) is 3. The average Bonchev–Trinajstić information content (AvgIpc) is 2.63. The summed E-state index contributed by atoms with van der Waals surface area (Å²) in [4.78, 5) is 4.36. The van der Waals surface area contributed by atoms with Gasteiger partial charge < -0.3 is 15.4 Å². The van der Waals surface area contributed by atoms with Crippen molar-refractivity contribution in [2.45, 2.75) is 6.42 Å². The van der Waals surface area contributed by atoms with Gasteiger partial charge in [0, 0.05) is 30.9 Å². The van der Waals surface area contributed by atoms with Crippen LogP contribution in [0.5, 0.6) is 5.75 Å². The van der Waals surface area contributed by atoms with Gasteiger partial charge in [-0.15, -0.1) is 0 Å². The molecule has 2 aromatic rings. The molecule has 1 aromatic carbocycles. The lowest BCUT2D eigenvalue weighted by molar-refractivity contribution is 0.475. The molecule has 3 N–H and O–H groups in total. The molecule has 0 spiro atoms. The molecular formula is C12H15N3O. The molecule has 0 saturated heterocycles. The molecule has 0 radical (unpaired) electrons. The smallest absolute Gasteiger partial charge is 0.139 e. The molecule has 2 rings (SSSR count). The number of hydrogen-bond donors (Lipinski definition) is 2. The fourth-order valence-corrected chi connectivity index (χ4v) is 1.70. The van der Waals surface area contributed by atoms with Crippen molar-refractivity contribution in [3.63, 3.8) is 0 Å². The quantitative estimate of drug-likeness (QED) is 0.814.